The van der Waals surface area contributed by atoms with Gasteiger partial charge in [0.2, 0.25) is 0 Å². The highest BCUT2D eigenvalue weighted by Gasteiger charge is 2.06. The lowest BCUT2D eigenvalue weighted by Crippen LogP contribution is -2.22. The number of hydrogen-bond acceptors (Lipinski definition) is 2. The molecule has 1 aromatic rings. The Labute approximate surface area is 94.7 Å². The van der Waals surface area contributed by atoms with Gasteiger partial charge in [0.05, 0.1) is 0 Å². The van der Waals surface area contributed by atoms with Crippen LogP contribution in [0.25, 0.3) is 0 Å². The van der Waals surface area contributed by atoms with E-state index in [0.717, 1.165) is 11.1 Å². The zero-order valence-electron chi connectivity index (χ0n) is 12.1. The molecule has 1 N–H and O–H groups in total. The van der Waals surface area contributed by atoms with Crippen LogP contribution in [0.5, 0.6) is 5.75 Å². The normalized spacial score (nSPS) is 14.0. The van der Waals surface area contributed by atoms with Gasteiger partial charge >= 0.3 is 6.09 Å². The van der Waals surface area contributed by atoms with Gasteiger partial charge in [-0.15, -0.1) is 0 Å². The van der Waals surface area contributed by atoms with E-state index in [0.29, 0.717) is 11.7 Å². The monoisotopic (exact) mass is 210 g/mol. The molecule has 0 radical (unpaired) electrons. The van der Waals surface area contributed by atoms with E-state index < -0.39 is 13.1 Å². The fraction of sp³-hybridized carbons (Fsp3) is 0.417. The van der Waals surface area contributed by atoms with Crippen molar-refractivity contribution in [3.05, 3.63) is 29.3 Å². The quantitative estimate of drug-likeness (QED) is 0.815. The Morgan fingerprint density at radius 1 is 1.47 bits per heavy atom. The van der Waals surface area contributed by atoms with Crippen molar-refractivity contribution in [2.45, 2.75) is 26.7 Å². The van der Waals surface area contributed by atoms with Gasteiger partial charge in [-0.2, -0.15) is 0 Å². The number of amides is 1. The molecule has 0 saturated carbocycles. The zero-order chi connectivity index (χ0) is 13.9. The van der Waals surface area contributed by atoms with E-state index in [1.807, 2.05) is 26.8 Å². The minimum atomic E-state index is -2.54. The van der Waals surface area contributed by atoms with Gasteiger partial charge in [-0.1, -0.05) is 19.9 Å². The summed E-state index contributed by atoms with van der Waals surface area (Å²) in [6.07, 6.45) is -0.977. The second-order valence-electron chi connectivity index (χ2n) is 3.75. The third kappa shape index (κ3) is 3.27. The molecular formula is C12H17NO2. The summed E-state index contributed by atoms with van der Waals surface area (Å²) in [4.78, 5) is 11.3. The minimum Gasteiger partial charge on any atom is -0.410 e. The average Bonchev–Trinajstić information content (AvgIpc) is 2.12. The Balaban J connectivity index is 2.82. The van der Waals surface area contributed by atoms with E-state index in [1.54, 1.807) is 17.4 Å². The molecule has 15 heavy (non-hydrogen) atoms. The van der Waals surface area contributed by atoms with Gasteiger partial charge in [-0.3, -0.25) is 0 Å². The van der Waals surface area contributed by atoms with Gasteiger partial charge in [0.25, 0.3) is 0 Å². The van der Waals surface area contributed by atoms with E-state index in [2.05, 4.69) is 0 Å². The number of rotatable bonds is 2. The molecule has 0 aliphatic carbocycles. The van der Waals surface area contributed by atoms with Gasteiger partial charge in [-0.25, -0.2) is 4.79 Å². The minimum absolute atomic E-state index is 0.304. The maximum absolute atomic E-state index is 11.3. The van der Waals surface area contributed by atoms with E-state index in [9.17, 15) is 4.79 Å². The maximum atomic E-state index is 11.3. The first-order valence-electron chi connectivity index (χ1n) is 6.29. The van der Waals surface area contributed by atoms with Gasteiger partial charge in [0, 0.05) is 11.1 Å². The summed E-state index contributed by atoms with van der Waals surface area (Å²) >= 11 is 0. The Morgan fingerprint density at radius 3 is 2.80 bits per heavy atom. The molecule has 0 heterocycles. The standard InChI is InChI=1S/C12H17NO2/c1-8(2)10-5-9(3)6-11(7-10)15-12(14)13-4/h5-8H,1-4H3,(H,13,14)/i4D3. The topological polar surface area (TPSA) is 38.3 Å². The van der Waals surface area contributed by atoms with Crippen molar-refractivity contribution in [3.8, 4) is 5.75 Å². The smallest absolute Gasteiger partial charge is 0.410 e. The van der Waals surface area contributed by atoms with Crippen molar-refractivity contribution in [1.82, 2.24) is 5.32 Å². The first-order valence-corrected chi connectivity index (χ1v) is 4.79. The molecule has 0 spiro atoms. The number of hydrogen-bond donors (Lipinski definition) is 1. The third-order valence-electron chi connectivity index (χ3n) is 2.05. The average molecular weight is 210 g/mol. The van der Waals surface area contributed by atoms with Gasteiger partial charge in [-0.05, 0) is 36.1 Å². The molecule has 0 aromatic heterocycles. The number of benzene rings is 1. The summed E-state index contributed by atoms with van der Waals surface area (Å²) in [6.45, 7) is 3.41. The highest BCUT2D eigenvalue weighted by Crippen LogP contribution is 2.22. The van der Waals surface area contributed by atoms with E-state index in [-0.39, 0.29) is 0 Å². The number of carbonyl (C=O) groups excluding carboxylic acids is 1. The SMILES string of the molecule is [2H]C([2H])([2H])NC(=O)Oc1cc(C)cc(C(C)C)c1. The molecule has 0 atom stereocenters. The maximum Gasteiger partial charge on any atom is 0.412 e. The van der Waals surface area contributed by atoms with Crippen LogP contribution in [0.2, 0.25) is 0 Å². The third-order valence-corrected chi connectivity index (χ3v) is 2.05. The Morgan fingerprint density at radius 2 is 2.20 bits per heavy atom. The summed E-state index contributed by atoms with van der Waals surface area (Å²) in [6, 6.07) is 5.42. The van der Waals surface area contributed by atoms with Crippen LogP contribution in [0.15, 0.2) is 18.2 Å². The lowest BCUT2D eigenvalue weighted by Gasteiger charge is -2.10. The van der Waals surface area contributed by atoms with E-state index in [1.165, 1.54) is 0 Å². The van der Waals surface area contributed by atoms with Crippen LogP contribution >= 0.6 is 0 Å². The summed E-state index contributed by atoms with van der Waals surface area (Å²) in [5, 5.41) is 1.77. The lowest BCUT2D eigenvalue weighted by atomic mass is 10.0. The van der Waals surface area contributed by atoms with Crippen molar-refractivity contribution < 1.29 is 13.6 Å². The fourth-order valence-corrected chi connectivity index (χ4v) is 1.30. The molecule has 3 heteroatoms. The lowest BCUT2D eigenvalue weighted by molar-refractivity contribution is 0.203. The molecule has 1 amide bonds. The first-order chi connectivity index (χ1) is 8.17. The molecular weight excluding hydrogens is 190 g/mol. The largest absolute Gasteiger partial charge is 0.412 e. The van der Waals surface area contributed by atoms with E-state index >= 15 is 0 Å². The fourth-order valence-electron chi connectivity index (χ4n) is 1.30. The highest BCUT2D eigenvalue weighted by molar-refractivity contribution is 5.70. The van der Waals surface area contributed by atoms with Gasteiger partial charge < -0.3 is 10.1 Å². The predicted octanol–water partition coefficient (Wildman–Crippen LogP) is 2.84. The van der Waals surface area contributed by atoms with Crippen LogP contribution in [0.1, 0.15) is 35.0 Å². The zero-order valence-corrected chi connectivity index (χ0v) is 9.13. The predicted molar refractivity (Wildman–Crippen MR) is 60.4 cm³/mol. The van der Waals surface area contributed by atoms with Crippen molar-refractivity contribution in [3.63, 3.8) is 0 Å². The van der Waals surface area contributed by atoms with Crippen LogP contribution in [0.4, 0.5) is 4.79 Å². The van der Waals surface area contributed by atoms with Gasteiger partial charge in [0.15, 0.2) is 0 Å². The summed E-state index contributed by atoms with van der Waals surface area (Å²) in [5.41, 5.74) is 1.99. The number of aryl methyl sites for hydroxylation is 1. The van der Waals surface area contributed by atoms with Crippen LogP contribution in [-0.4, -0.2) is 13.1 Å². The molecule has 0 bridgehead atoms. The molecule has 0 unspecified atom stereocenters. The second-order valence-corrected chi connectivity index (χ2v) is 3.75. The van der Waals surface area contributed by atoms with Crippen LogP contribution in [0, 0.1) is 6.92 Å². The molecule has 82 valence electrons. The molecule has 0 saturated heterocycles. The Hall–Kier alpha value is -1.51. The van der Waals surface area contributed by atoms with Crippen LogP contribution in [-0.2, 0) is 0 Å². The second kappa shape index (κ2) is 4.82. The molecule has 0 fully saturated rings. The summed E-state index contributed by atoms with van der Waals surface area (Å²) < 4.78 is 25.7. The van der Waals surface area contributed by atoms with Gasteiger partial charge in [0.1, 0.15) is 5.75 Å². The van der Waals surface area contributed by atoms with Crippen LogP contribution < -0.4 is 10.1 Å². The molecule has 0 aliphatic heterocycles. The Kier molecular flexibility index (Phi) is 2.49. The summed E-state index contributed by atoms with van der Waals surface area (Å²) in [7, 11) is 0. The molecule has 1 rings (SSSR count). The van der Waals surface area contributed by atoms with Crippen molar-refractivity contribution in [2.75, 3.05) is 6.98 Å². The van der Waals surface area contributed by atoms with E-state index in [4.69, 9.17) is 8.85 Å². The van der Waals surface area contributed by atoms with Crippen molar-refractivity contribution in [1.29, 1.82) is 0 Å². The number of nitrogens with one attached hydrogen (secondary N) is 1. The number of carbonyl (C=O) groups is 1. The van der Waals surface area contributed by atoms with Crippen LogP contribution in [0.3, 0.4) is 0 Å². The summed E-state index contributed by atoms with van der Waals surface area (Å²) in [5.74, 6) is 0.651. The molecule has 0 aliphatic rings. The Bertz CT molecular complexity index is 441. The molecule has 1 aromatic carbocycles. The first kappa shape index (κ1) is 7.74. The highest BCUT2D eigenvalue weighted by atomic mass is 16.5. The van der Waals surface area contributed by atoms with Crippen molar-refractivity contribution in [2.24, 2.45) is 0 Å². The molecule has 3 nitrogen and oxygen atoms in total. The number of ether oxygens (including phenoxy) is 1. The van der Waals surface area contributed by atoms with Crippen molar-refractivity contribution >= 4 is 6.09 Å².